The second-order valence-electron chi connectivity index (χ2n) is 8.23. The lowest BCUT2D eigenvalue weighted by Gasteiger charge is -2.31. The normalized spacial score (nSPS) is 19.6. The van der Waals surface area contributed by atoms with Crippen LogP contribution in [0.3, 0.4) is 0 Å². The number of morpholine rings is 1. The van der Waals surface area contributed by atoms with Gasteiger partial charge in [-0.15, -0.1) is 10.2 Å². The van der Waals surface area contributed by atoms with Gasteiger partial charge in [0, 0.05) is 32.7 Å². The first kappa shape index (κ1) is 19.3. The number of ether oxygens (including phenoxy) is 3. The minimum absolute atomic E-state index is 0.0401. The number of hydrogen-bond donors (Lipinski definition) is 0. The van der Waals surface area contributed by atoms with Crippen LogP contribution in [0, 0.1) is 5.92 Å². The van der Waals surface area contributed by atoms with Gasteiger partial charge in [0.25, 0.3) is 5.91 Å². The number of fused-ring (bicyclic) bond motifs is 2. The summed E-state index contributed by atoms with van der Waals surface area (Å²) in [6.07, 6.45) is 0.973. The Morgan fingerprint density at radius 2 is 1.93 bits per heavy atom. The first-order valence-electron chi connectivity index (χ1n) is 10.6. The average molecular weight is 413 g/mol. The van der Waals surface area contributed by atoms with Crippen LogP contribution in [0.25, 0.3) is 0 Å². The quantitative estimate of drug-likeness (QED) is 0.728. The molecule has 0 N–H and O–H groups in total. The Balaban J connectivity index is 1.19. The highest BCUT2D eigenvalue weighted by Gasteiger charge is 2.28. The van der Waals surface area contributed by atoms with Gasteiger partial charge in [-0.05, 0) is 30.0 Å². The van der Waals surface area contributed by atoms with E-state index in [2.05, 4.69) is 34.2 Å². The fourth-order valence-corrected chi connectivity index (χ4v) is 4.41. The number of benzene rings is 1. The monoisotopic (exact) mass is 413 g/mol. The van der Waals surface area contributed by atoms with Crippen LogP contribution in [-0.2, 0) is 24.2 Å². The number of hydrogen-bond acceptors (Lipinski definition) is 7. The molecule has 1 aromatic carbocycles. The summed E-state index contributed by atoms with van der Waals surface area (Å²) in [4.78, 5) is 17.0. The molecule has 0 radical (unpaired) electrons. The van der Waals surface area contributed by atoms with Gasteiger partial charge in [0.15, 0.2) is 11.5 Å². The summed E-state index contributed by atoms with van der Waals surface area (Å²) in [7, 11) is 0. The predicted molar refractivity (Wildman–Crippen MR) is 107 cm³/mol. The summed E-state index contributed by atoms with van der Waals surface area (Å²) in [6, 6.07) is 6.18. The van der Waals surface area contributed by atoms with E-state index in [0.29, 0.717) is 44.8 Å². The Morgan fingerprint density at radius 3 is 2.80 bits per heavy atom. The molecule has 30 heavy (non-hydrogen) atoms. The number of nitrogens with zero attached hydrogens (tertiary/aromatic N) is 5. The summed E-state index contributed by atoms with van der Waals surface area (Å²) in [5.41, 5.74) is 1.25. The number of aromatic nitrogens is 3. The molecule has 5 rings (SSSR count). The summed E-state index contributed by atoms with van der Waals surface area (Å²) in [5, 5.41) is 8.53. The van der Waals surface area contributed by atoms with Gasteiger partial charge in [-0.3, -0.25) is 9.69 Å². The zero-order chi connectivity index (χ0) is 20.5. The van der Waals surface area contributed by atoms with E-state index in [0.717, 1.165) is 49.9 Å². The Kier molecular flexibility index (Phi) is 5.30. The standard InChI is InChI=1S/C21H27N5O4/c1-15(10-16-2-3-17-18(11-16)30-14-29-17)12-24-4-5-26-19(13-24)22-23-20(26)21(27)25-6-8-28-9-7-25/h2-3,11,15H,4-10,12-14H2,1H3. The van der Waals surface area contributed by atoms with Gasteiger partial charge in [0.2, 0.25) is 12.6 Å². The van der Waals surface area contributed by atoms with Gasteiger partial charge in [-0.25, -0.2) is 0 Å². The van der Waals surface area contributed by atoms with Crippen molar-refractivity contribution in [2.45, 2.75) is 26.4 Å². The van der Waals surface area contributed by atoms with Crippen LogP contribution in [0.5, 0.6) is 11.5 Å². The SMILES string of the molecule is CC(Cc1ccc2c(c1)OCO2)CN1CCn2c(nnc2C(=O)N2CCOCC2)C1. The molecule has 1 unspecified atom stereocenters. The van der Waals surface area contributed by atoms with E-state index in [1.165, 1.54) is 5.56 Å². The zero-order valence-corrected chi connectivity index (χ0v) is 17.2. The minimum Gasteiger partial charge on any atom is -0.454 e. The molecule has 2 aromatic rings. The van der Waals surface area contributed by atoms with E-state index in [1.54, 1.807) is 4.90 Å². The maximum absolute atomic E-state index is 12.8. The van der Waals surface area contributed by atoms with Gasteiger partial charge in [0.05, 0.1) is 19.8 Å². The average Bonchev–Trinajstić information content (AvgIpc) is 3.40. The van der Waals surface area contributed by atoms with E-state index in [1.807, 2.05) is 10.6 Å². The smallest absolute Gasteiger partial charge is 0.291 e. The van der Waals surface area contributed by atoms with E-state index < -0.39 is 0 Å². The third-order valence-corrected chi connectivity index (χ3v) is 5.91. The molecule has 1 aromatic heterocycles. The van der Waals surface area contributed by atoms with Crippen LogP contribution in [-0.4, -0.2) is 76.7 Å². The second-order valence-corrected chi connectivity index (χ2v) is 8.23. The van der Waals surface area contributed by atoms with Crippen molar-refractivity contribution in [2.75, 3.05) is 46.2 Å². The number of carbonyl (C=O) groups is 1. The van der Waals surface area contributed by atoms with Crippen molar-refractivity contribution < 1.29 is 19.0 Å². The van der Waals surface area contributed by atoms with E-state index in [9.17, 15) is 4.79 Å². The molecule has 1 saturated heterocycles. The van der Waals surface area contributed by atoms with Crippen LogP contribution >= 0.6 is 0 Å². The Labute approximate surface area is 175 Å². The van der Waals surface area contributed by atoms with E-state index in [4.69, 9.17) is 14.2 Å². The van der Waals surface area contributed by atoms with Crippen LogP contribution in [0.15, 0.2) is 18.2 Å². The largest absolute Gasteiger partial charge is 0.454 e. The van der Waals surface area contributed by atoms with Crippen molar-refractivity contribution >= 4 is 5.91 Å². The third kappa shape index (κ3) is 3.87. The molecule has 160 valence electrons. The molecule has 0 aliphatic carbocycles. The number of carbonyl (C=O) groups excluding carboxylic acids is 1. The molecular weight excluding hydrogens is 386 g/mol. The van der Waals surface area contributed by atoms with E-state index >= 15 is 0 Å². The lowest BCUT2D eigenvalue weighted by molar-refractivity contribution is 0.0289. The highest BCUT2D eigenvalue weighted by molar-refractivity contribution is 5.90. The van der Waals surface area contributed by atoms with Crippen molar-refractivity contribution in [3.05, 3.63) is 35.4 Å². The van der Waals surface area contributed by atoms with Crippen LogP contribution < -0.4 is 9.47 Å². The van der Waals surface area contributed by atoms with Crippen molar-refractivity contribution in [2.24, 2.45) is 5.92 Å². The van der Waals surface area contributed by atoms with Gasteiger partial charge in [-0.1, -0.05) is 13.0 Å². The second kappa shape index (κ2) is 8.23. The molecule has 0 saturated carbocycles. The van der Waals surface area contributed by atoms with E-state index in [-0.39, 0.29) is 5.91 Å². The molecule has 3 aliphatic rings. The molecule has 0 bridgehead atoms. The predicted octanol–water partition coefficient (Wildman–Crippen LogP) is 1.17. The fraction of sp³-hybridized carbons (Fsp3) is 0.571. The highest BCUT2D eigenvalue weighted by atomic mass is 16.7. The topological polar surface area (TPSA) is 82.0 Å². The maximum Gasteiger partial charge on any atom is 0.291 e. The molecule has 3 aliphatic heterocycles. The summed E-state index contributed by atoms with van der Waals surface area (Å²) in [5.74, 6) is 3.43. The summed E-state index contributed by atoms with van der Waals surface area (Å²) in [6.45, 7) is 8.28. The molecule has 0 spiro atoms. The summed E-state index contributed by atoms with van der Waals surface area (Å²) >= 11 is 0. The molecule has 1 fully saturated rings. The van der Waals surface area contributed by atoms with Crippen LogP contribution in [0.1, 0.15) is 28.9 Å². The minimum atomic E-state index is -0.0401. The summed E-state index contributed by atoms with van der Waals surface area (Å²) < 4.78 is 18.2. The first-order chi connectivity index (χ1) is 14.7. The van der Waals surface area contributed by atoms with Crippen LogP contribution in [0.4, 0.5) is 0 Å². The lowest BCUT2D eigenvalue weighted by Crippen LogP contribution is -2.43. The zero-order valence-electron chi connectivity index (χ0n) is 17.2. The van der Waals surface area contributed by atoms with Crippen molar-refractivity contribution in [1.29, 1.82) is 0 Å². The molecular formula is C21H27N5O4. The van der Waals surface area contributed by atoms with Gasteiger partial charge < -0.3 is 23.7 Å². The Bertz CT molecular complexity index is 924. The van der Waals surface area contributed by atoms with Crippen molar-refractivity contribution in [3.63, 3.8) is 0 Å². The van der Waals surface area contributed by atoms with Gasteiger partial charge in [0.1, 0.15) is 5.82 Å². The van der Waals surface area contributed by atoms with Gasteiger partial charge >= 0.3 is 0 Å². The molecule has 9 heteroatoms. The maximum atomic E-state index is 12.8. The first-order valence-corrected chi connectivity index (χ1v) is 10.6. The highest BCUT2D eigenvalue weighted by Crippen LogP contribution is 2.33. The van der Waals surface area contributed by atoms with Crippen LogP contribution in [0.2, 0.25) is 0 Å². The molecule has 4 heterocycles. The molecule has 1 atom stereocenters. The Morgan fingerprint density at radius 1 is 1.10 bits per heavy atom. The fourth-order valence-electron chi connectivity index (χ4n) is 4.41. The third-order valence-electron chi connectivity index (χ3n) is 5.91. The Hall–Kier alpha value is -2.65. The number of amides is 1. The van der Waals surface area contributed by atoms with Crippen molar-refractivity contribution in [1.82, 2.24) is 24.6 Å². The molecule has 1 amide bonds. The van der Waals surface area contributed by atoms with Gasteiger partial charge in [-0.2, -0.15) is 0 Å². The van der Waals surface area contributed by atoms with Crippen molar-refractivity contribution in [3.8, 4) is 11.5 Å². The lowest BCUT2D eigenvalue weighted by atomic mass is 10.00. The number of rotatable bonds is 5. The molecule has 9 nitrogen and oxygen atoms in total.